The quantitative estimate of drug-likeness (QED) is 0.680. The van der Waals surface area contributed by atoms with Crippen LogP contribution in [0.3, 0.4) is 0 Å². The second kappa shape index (κ2) is 8.55. The average Bonchev–Trinajstić information content (AvgIpc) is 3.19. The average molecular weight is 460 g/mol. The number of benzene rings is 2. The smallest absolute Gasteiger partial charge is 0.252 e. The van der Waals surface area contributed by atoms with Crippen molar-refractivity contribution in [2.24, 2.45) is 4.99 Å². The van der Waals surface area contributed by atoms with E-state index in [4.69, 9.17) is 4.74 Å². The van der Waals surface area contributed by atoms with Crippen LogP contribution in [0, 0.1) is 0 Å². The van der Waals surface area contributed by atoms with Gasteiger partial charge in [-0.2, -0.15) is 4.99 Å². The first-order valence-corrected chi connectivity index (χ1v) is 12.6. The molecule has 4 rings (SSSR count). The van der Waals surface area contributed by atoms with E-state index in [1.54, 1.807) is 7.11 Å². The maximum absolute atomic E-state index is 12.8. The molecular weight excluding hydrogens is 434 g/mol. The van der Waals surface area contributed by atoms with Gasteiger partial charge in [0, 0.05) is 36.3 Å². The number of carbonyl (C=O) groups excluding carboxylic acids is 1. The van der Waals surface area contributed by atoms with Gasteiger partial charge in [0.25, 0.3) is 5.91 Å². The first-order valence-electron chi connectivity index (χ1n) is 9.94. The van der Waals surface area contributed by atoms with E-state index in [2.05, 4.69) is 4.99 Å². The summed E-state index contributed by atoms with van der Waals surface area (Å²) in [6.45, 7) is 0. The number of ether oxygens (including phenoxy) is 1. The molecule has 2 heterocycles. The molecule has 0 unspecified atom stereocenters. The molecule has 0 radical (unpaired) electrons. The predicted octanol–water partition coefficient (Wildman–Crippen LogP) is 2.61. The fourth-order valence-electron chi connectivity index (χ4n) is 3.94. The third-order valence-electron chi connectivity index (χ3n) is 5.47. The van der Waals surface area contributed by atoms with E-state index in [0.29, 0.717) is 10.9 Å². The van der Waals surface area contributed by atoms with Crippen LogP contribution in [0.1, 0.15) is 5.56 Å². The SMILES string of the molecule is COc1ccccc1CC(=O)N=C1S[C@H]2CS(=O)(=O)C[C@@H]2N1c1ccc(N(C)C)cc1. The van der Waals surface area contributed by atoms with Crippen molar-refractivity contribution in [3.63, 3.8) is 0 Å². The lowest BCUT2D eigenvalue weighted by Gasteiger charge is -2.25. The van der Waals surface area contributed by atoms with Crippen molar-refractivity contribution in [2.75, 3.05) is 42.5 Å². The van der Waals surface area contributed by atoms with Crippen LogP contribution in [-0.2, 0) is 21.1 Å². The van der Waals surface area contributed by atoms with Gasteiger partial charge in [-0.15, -0.1) is 0 Å². The molecule has 2 aromatic rings. The second-order valence-corrected chi connectivity index (χ2v) is 11.2. The van der Waals surface area contributed by atoms with Crippen LogP contribution in [0.2, 0.25) is 0 Å². The molecule has 0 N–H and O–H groups in total. The van der Waals surface area contributed by atoms with Gasteiger partial charge in [-0.3, -0.25) is 4.79 Å². The fourth-order valence-corrected chi connectivity index (χ4v) is 7.87. The van der Waals surface area contributed by atoms with E-state index in [-0.39, 0.29) is 35.1 Å². The Hall–Kier alpha value is -2.52. The molecule has 2 fully saturated rings. The van der Waals surface area contributed by atoms with Crippen LogP contribution in [0.4, 0.5) is 11.4 Å². The highest BCUT2D eigenvalue weighted by molar-refractivity contribution is 8.16. The fraction of sp³-hybridized carbons (Fsp3) is 0.364. The molecule has 2 aliphatic heterocycles. The van der Waals surface area contributed by atoms with Crippen LogP contribution < -0.4 is 14.5 Å². The standard InChI is InChI=1S/C22H25N3O4S2/c1-24(2)16-8-10-17(11-9-16)25-18-13-31(27,28)14-20(18)30-22(25)23-21(26)12-15-6-4-5-7-19(15)29-3/h4-11,18,20H,12-14H2,1-3H3/t18-,20-/m0/s1. The Balaban J connectivity index is 1.64. The van der Waals surface area contributed by atoms with Gasteiger partial charge in [0.1, 0.15) is 5.75 Å². The van der Waals surface area contributed by atoms with Crippen molar-refractivity contribution in [3.05, 3.63) is 54.1 Å². The summed E-state index contributed by atoms with van der Waals surface area (Å²) in [5, 5.41) is 0.429. The summed E-state index contributed by atoms with van der Waals surface area (Å²) < 4.78 is 29.8. The number of rotatable bonds is 5. The monoisotopic (exact) mass is 459 g/mol. The predicted molar refractivity (Wildman–Crippen MR) is 126 cm³/mol. The second-order valence-electron chi connectivity index (χ2n) is 7.86. The Labute approximate surface area is 187 Å². The summed E-state index contributed by atoms with van der Waals surface area (Å²) >= 11 is 1.38. The van der Waals surface area contributed by atoms with Gasteiger partial charge in [0.05, 0.1) is 31.1 Å². The molecule has 31 heavy (non-hydrogen) atoms. The zero-order valence-corrected chi connectivity index (χ0v) is 19.3. The molecule has 2 saturated heterocycles. The highest BCUT2D eigenvalue weighted by Gasteiger charge is 2.49. The van der Waals surface area contributed by atoms with E-state index in [1.807, 2.05) is 72.4 Å². The number of amidine groups is 1. The van der Waals surface area contributed by atoms with Gasteiger partial charge < -0.3 is 14.5 Å². The topological polar surface area (TPSA) is 79.3 Å². The minimum atomic E-state index is -3.10. The molecule has 164 valence electrons. The zero-order chi connectivity index (χ0) is 22.2. The number of fused-ring (bicyclic) bond motifs is 1. The third-order valence-corrected chi connectivity index (χ3v) is 8.68. The van der Waals surface area contributed by atoms with E-state index in [0.717, 1.165) is 16.9 Å². The first kappa shape index (κ1) is 21.7. The number of amides is 1. The van der Waals surface area contributed by atoms with Gasteiger partial charge >= 0.3 is 0 Å². The number of methoxy groups -OCH3 is 1. The molecule has 0 bridgehead atoms. The molecule has 2 atom stereocenters. The largest absolute Gasteiger partial charge is 0.496 e. The van der Waals surface area contributed by atoms with Gasteiger partial charge in [0.2, 0.25) is 0 Å². The van der Waals surface area contributed by atoms with Crippen molar-refractivity contribution in [1.29, 1.82) is 0 Å². The highest BCUT2D eigenvalue weighted by atomic mass is 32.2. The molecule has 0 spiro atoms. The van der Waals surface area contributed by atoms with Crippen molar-refractivity contribution < 1.29 is 17.9 Å². The number of nitrogens with zero attached hydrogens (tertiary/aromatic N) is 3. The summed E-state index contributed by atoms with van der Waals surface area (Å²) in [7, 11) is 2.39. The van der Waals surface area contributed by atoms with Crippen LogP contribution >= 0.6 is 11.8 Å². The van der Waals surface area contributed by atoms with E-state index in [9.17, 15) is 13.2 Å². The number of aliphatic imine (C=N–C) groups is 1. The van der Waals surface area contributed by atoms with Crippen LogP contribution in [0.25, 0.3) is 0 Å². The Morgan fingerprint density at radius 3 is 2.55 bits per heavy atom. The van der Waals surface area contributed by atoms with Gasteiger partial charge in [-0.25, -0.2) is 8.42 Å². The normalized spacial score (nSPS) is 23.1. The number of hydrogen-bond donors (Lipinski definition) is 0. The number of para-hydroxylation sites is 1. The van der Waals surface area contributed by atoms with Crippen LogP contribution in [-0.4, -0.2) is 63.5 Å². The number of sulfone groups is 1. The molecule has 1 amide bonds. The Kier molecular flexibility index (Phi) is 5.98. The third kappa shape index (κ3) is 4.57. The number of hydrogen-bond acceptors (Lipinski definition) is 6. The Bertz CT molecular complexity index is 1110. The molecule has 0 saturated carbocycles. The summed E-state index contributed by atoms with van der Waals surface area (Å²) in [5.41, 5.74) is 2.65. The summed E-state index contributed by atoms with van der Waals surface area (Å²) in [6, 6.07) is 15.0. The molecule has 9 heteroatoms. The first-order chi connectivity index (χ1) is 14.8. The highest BCUT2D eigenvalue weighted by Crippen LogP contribution is 2.41. The van der Waals surface area contributed by atoms with Gasteiger partial charge in [0.15, 0.2) is 15.0 Å². The van der Waals surface area contributed by atoms with Crippen LogP contribution in [0.15, 0.2) is 53.5 Å². The van der Waals surface area contributed by atoms with Crippen molar-refractivity contribution in [1.82, 2.24) is 0 Å². The lowest BCUT2D eigenvalue weighted by Crippen LogP contribution is -2.37. The Morgan fingerprint density at radius 1 is 1.16 bits per heavy atom. The molecule has 2 aliphatic rings. The lowest BCUT2D eigenvalue weighted by molar-refractivity contribution is -0.117. The number of anilines is 2. The van der Waals surface area contributed by atoms with E-state index < -0.39 is 9.84 Å². The summed E-state index contributed by atoms with van der Waals surface area (Å²) in [5.74, 6) is 0.535. The zero-order valence-electron chi connectivity index (χ0n) is 17.7. The number of carbonyl (C=O) groups is 1. The summed E-state index contributed by atoms with van der Waals surface area (Å²) in [6.07, 6.45) is 0.120. The van der Waals surface area contributed by atoms with Gasteiger partial charge in [-0.1, -0.05) is 30.0 Å². The maximum atomic E-state index is 12.8. The molecule has 7 nitrogen and oxygen atoms in total. The van der Waals surface area contributed by atoms with Gasteiger partial charge in [-0.05, 0) is 30.3 Å². The lowest BCUT2D eigenvalue weighted by atomic mass is 10.1. The van der Waals surface area contributed by atoms with E-state index in [1.165, 1.54) is 11.8 Å². The summed E-state index contributed by atoms with van der Waals surface area (Å²) in [4.78, 5) is 21.1. The molecule has 0 aromatic heterocycles. The molecular formula is C22H25N3O4S2. The van der Waals surface area contributed by atoms with Crippen molar-refractivity contribution >= 4 is 44.0 Å². The minimum absolute atomic E-state index is 0.0693. The van der Waals surface area contributed by atoms with Crippen LogP contribution in [0.5, 0.6) is 5.75 Å². The molecule has 2 aromatic carbocycles. The Morgan fingerprint density at radius 2 is 1.87 bits per heavy atom. The maximum Gasteiger partial charge on any atom is 0.252 e. The van der Waals surface area contributed by atoms with Crippen molar-refractivity contribution in [3.8, 4) is 5.75 Å². The molecule has 0 aliphatic carbocycles. The van der Waals surface area contributed by atoms with E-state index >= 15 is 0 Å². The number of thioether (sulfide) groups is 1. The minimum Gasteiger partial charge on any atom is -0.496 e. The van der Waals surface area contributed by atoms with Crippen molar-refractivity contribution in [2.45, 2.75) is 17.7 Å².